The first kappa shape index (κ1) is 14.5. The SMILES string of the molecule is CC1(C)CN(c2ccc(Cl)c(C(F)(F)F)c2)CCN1. The van der Waals surface area contributed by atoms with Crippen molar-refractivity contribution in [3.8, 4) is 0 Å². The fraction of sp³-hybridized carbons (Fsp3) is 0.538. The third-order valence-corrected chi connectivity index (χ3v) is 3.52. The topological polar surface area (TPSA) is 15.3 Å². The van der Waals surface area contributed by atoms with Crippen LogP contribution in [-0.4, -0.2) is 25.2 Å². The Labute approximate surface area is 115 Å². The van der Waals surface area contributed by atoms with Crippen molar-refractivity contribution in [1.29, 1.82) is 0 Å². The van der Waals surface area contributed by atoms with Gasteiger partial charge in [-0.3, -0.25) is 0 Å². The van der Waals surface area contributed by atoms with Gasteiger partial charge in [0.2, 0.25) is 0 Å². The number of nitrogens with zero attached hydrogens (tertiary/aromatic N) is 1. The molecule has 106 valence electrons. The smallest absolute Gasteiger partial charge is 0.368 e. The standard InChI is InChI=1S/C13H16ClF3N2/c1-12(2)8-19(6-5-18-12)9-3-4-11(14)10(7-9)13(15,16)17/h3-4,7,18H,5-6,8H2,1-2H3. The molecule has 2 nitrogen and oxygen atoms in total. The molecule has 0 radical (unpaired) electrons. The number of hydrogen-bond acceptors (Lipinski definition) is 2. The van der Waals surface area contributed by atoms with Gasteiger partial charge in [-0.25, -0.2) is 0 Å². The van der Waals surface area contributed by atoms with Gasteiger partial charge < -0.3 is 10.2 Å². The summed E-state index contributed by atoms with van der Waals surface area (Å²) in [5, 5.41) is 3.07. The molecule has 1 saturated heterocycles. The maximum atomic E-state index is 12.8. The van der Waals surface area contributed by atoms with E-state index in [0.717, 1.165) is 12.6 Å². The molecule has 0 atom stereocenters. The van der Waals surface area contributed by atoms with Gasteiger partial charge in [0.15, 0.2) is 0 Å². The molecular formula is C13H16ClF3N2. The fourth-order valence-corrected chi connectivity index (χ4v) is 2.51. The average Bonchev–Trinajstić information content (AvgIpc) is 2.26. The lowest BCUT2D eigenvalue weighted by molar-refractivity contribution is -0.137. The molecule has 19 heavy (non-hydrogen) atoms. The lowest BCUT2D eigenvalue weighted by Crippen LogP contribution is -2.57. The Morgan fingerprint density at radius 3 is 2.58 bits per heavy atom. The molecule has 0 saturated carbocycles. The van der Waals surface area contributed by atoms with Crippen molar-refractivity contribution in [1.82, 2.24) is 5.32 Å². The number of rotatable bonds is 1. The van der Waals surface area contributed by atoms with Gasteiger partial charge in [-0.05, 0) is 32.0 Å². The summed E-state index contributed by atoms with van der Waals surface area (Å²) < 4.78 is 38.5. The van der Waals surface area contributed by atoms with Crippen molar-refractivity contribution >= 4 is 17.3 Å². The fourth-order valence-electron chi connectivity index (χ4n) is 2.29. The van der Waals surface area contributed by atoms with Crippen LogP contribution in [0.15, 0.2) is 18.2 Å². The van der Waals surface area contributed by atoms with Crippen LogP contribution in [0.25, 0.3) is 0 Å². The summed E-state index contributed by atoms with van der Waals surface area (Å²) in [5.41, 5.74) is -0.328. The van der Waals surface area contributed by atoms with Gasteiger partial charge in [0, 0.05) is 30.9 Å². The van der Waals surface area contributed by atoms with Crippen LogP contribution < -0.4 is 10.2 Å². The molecule has 1 aromatic carbocycles. The number of hydrogen-bond donors (Lipinski definition) is 1. The average molecular weight is 293 g/mol. The van der Waals surface area contributed by atoms with Crippen molar-refractivity contribution in [2.45, 2.75) is 25.6 Å². The lowest BCUT2D eigenvalue weighted by Gasteiger charge is -2.40. The van der Waals surface area contributed by atoms with E-state index in [1.165, 1.54) is 6.07 Å². The summed E-state index contributed by atoms with van der Waals surface area (Å²) in [6.45, 7) is 6.14. The highest BCUT2D eigenvalue weighted by molar-refractivity contribution is 6.31. The minimum absolute atomic E-state index is 0.115. The van der Waals surface area contributed by atoms with Crippen LogP contribution in [0.2, 0.25) is 5.02 Å². The molecule has 1 aliphatic heterocycles. The Balaban J connectivity index is 2.31. The maximum absolute atomic E-state index is 12.8. The van der Waals surface area contributed by atoms with E-state index < -0.39 is 11.7 Å². The van der Waals surface area contributed by atoms with E-state index in [9.17, 15) is 13.2 Å². The summed E-state index contributed by atoms with van der Waals surface area (Å²) in [6.07, 6.45) is -4.42. The lowest BCUT2D eigenvalue weighted by atomic mass is 10.0. The second kappa shape index (κ2) is 4.87. The molecule has 2 rings (SSSR count). The van der Waals surface area contributed by atoms with E-state index in [4.69, 9.17) is 11.6 Å². The van der Waals surface area contributed by atoms with Crippen LogP contribution in [-0.2, 0) is 6.18 Å². The monoisotopic (exact) mass is 292 g/mol. The Morgan fingerprint density at radius 1 is 1.32 bits per heavy atom. The van der Waals surface area contributed by atoms with Crippen molar-refractivity contribution < 1.29 is 13.2 Å². The summed E-state index contributed by atoms with van der Waals surface area (Å²) in [4.78, 5) is 1.95. The highest BCUT2D eigenvalue weighted by Gasteiger charge is 2.34. The van der Waals surface area contributed by atoms with Crippen LogP contribution in [0.5, 0.6) is 0 Å². The van der Waals surface area contributed by atoms with Crippen molar-refractivity contribution in [2.24, 2.45) is 0 Å². The van der Waals surface area contributed by atoms with Gasteiger partial charge in [-0.2, -0.15) is 13.2 Å². The molecular weight excluding hydrogens is 277 g/mol. The molecule has 1 N–H and O–H groups in total. The molecule has 0 aromatic heterocycles. The van der Waals surface area contributed by atoms with E-state index in [2.05, 4.69) is 5.32 Å². The van der Waals surface area contributed by atoms with Crippen molar-refractivity contribution in [3.05, 3.63) is 28.8 Å². The zero-order valence-corrected chi connectivity index (χ0v) is 11.6. The highest BCUT2D eigenvalue weighted by Crippen LogP contribution is 2.37. The Bertz CT molecular complexity index is 471. The Morgan fingerprint density at radius 2 is 2.00 bits per heavy atom. The molecule has 0 bridgehead atoms. The normalized spacial score (nSPS) is 19.6. The van der Waals surface area contributed by atoms with Crippen LogP contribution >= 0.6 is 11.6 Å². The van der Waals surface area contributed by atoms with Gasteiger partial charge in [0.1, 0.15) is 0 Å². The van der Waals surface area contributed by atoms with Crippen LogP contribution in [0, 0.1) is 0 Å². The first-order valence-corrected chi connectivity index (χ1v) is 6.44. The number of benzene rings is 1. The molecule has 0 aliphatic carbocycles. The summed E-state index contributed by atoms with van der Waals surface area (Å²) in [5.74, 6) is 0. The molecule has 0 unspecified atom stereocenters. The number of anilines is 1. The summed E-state index contributed by atoms with van der Waals surface area (Å²) in [7, 11) is 0. The van der Waals surface area contributed by atoms with Crippen LogP contribution in [0.4, 0.5) is 18.9 Å². The van der Waals surface area contributed by atoms with Crippen molar-refractivity contribution in [2.75, 3.05) is 24.5 Å². The molecule has 1 aromatic rings. The highest BCUT2D eigenvalue weighted by atomic mass is 35.5. The van der Waals surface area contributed by atoms with Gasteiger partial charge >= 0.3 is 6.18 Å². The third-order valence-electron chi connectivity index (χ3n) is 3.19. The number of piperazine rings is 1. The molecule has 1 aliphatic rings. The van der Waals surface area contributed by atoms with Crippen LogP contribution in [0.1, 0.15) is 19.4 Å². The molecule has 6 heteroatoms. The van der Waals surface area contributed by atoms with Gasteiger partial charge in [0.25, 0.3) is 0 Å². The largest absolute Gasteiger partial charge is 0.417 e. The first-order valence-electron chi connectivity index (χ1n) is 6.06. The molecule has 1 heterocycles. The molecule has 0 amide bonds. The second-order valence-electron chi connectivity index (χ2n) is 5.39. The van der Waals surface area contributed by atoms with Gasteiger partial charge in [-0.15, -0.1) is 0 Å². The first-order chi connectivity index (χ1) is 8.69. The van der Waals surface area contributed by atoms with E-state index in [0.29, 0.717) is 18.8 Å². The number of nitrogens with one attached hydrogen (secondary N) is 1. The predicted molar refractivity (Wildman–Crippen MR) is 70.7 cm³/mol. The zero-order valence-electron chi connectivity index (χ0n) is 10.8. The second-order valence-corrected chi connectivity index (χ2v) is 5.80. The Kier molecular flexibility index (Phi) is 3.71. The maximum Gasteiger partial charge on any atom is 0.417 e. The summed E-state index contributed by atoms with van der Waals surface area (Å²) >= 11 is 5.62. The van der Waals surface area contributed by atoms with Crippen LogP contribution in [0.3, 0.4) is 0 Å². The third kappa shape index (κ3) is 3.34. The number of halogens is 4. The van der Waals surface area contributed by atoms with E-state index in [1.54, 1.807) is 6.07 Å². The number of alkyl halides is 3. The Hall–Kier alpha value is -0.940. The van der Waals surface area contributed by atoms with Crippen molar-refractivity contribution in [3.63, 3.8) is 0 Å². The van der Waals surface area contributed by atoms with E-state index in [-0.39, 0.29) is 10.6 Å². The predicted octanol–water partition coefficient (Wildman–Crippen LogP) is 3.55. The van der Waals surface area contributed by atoms with Gasteiger partial charge in [0.05, 0.1) is 10.6 Å². The molecule has 0 spiro atoms. The quantitative estimate of drug-likeness (QED) is 0.851. The van der Waals surface area contributed by atoms with E-state index >= 15 is 0 Å². The van der Waals surface area contributed by atoms with E-state index in [1.807, 2.05) is 18.7 Å². The zero-order chi connectivity index (χ0) is 14.3. The van der Waals surface area contributed by atoms with Gasteiger partial charge in [-0.1, -0.05) is 11.6 Å². The minimum atomic E-state index is -4.42. The summed E-state index contributed by atoms with van der Waals surface area (Å²) in [6, 6.07) is 4.08. The molecule has 1 fully saturated rings. The minimum Gasteiger partial charge on any atom is -0.368 e.